The smallest absolute Gasteiger partial charge is 0.255 e. The fraction of sp³-hybridized carbons (Fsp3) is 0.353. The lowest BCUT2D eigenvalue weighted by atomic mass is 10.1. The molecule has 0 aliphatic carbocycles. The summed E-state index contributed by atoms with van der Waals surface area (Å²) in [7, 11) is -0.997. The third-order valence-corrected chi connectivity index (χ3v) is 5.20. The maximum atomic E-state index is 12.4. The van der Waals surface area contributed by atoms with Gasteiger partial charge in [-0.15, -0.1) is 0 Å². The quantitative estimate of drug-likeness (QED) is 0.913. The Morgan fingerprint density at radius 3 is 2.57 bits per heavy atom. The third kappa shape index (κ3) is 4.69. The molecule has 1 aromatic heterocycles. The van der Waals surface area contributed by atoms with Crippen LogP contribution in [0.2, 0.25) is 0 Å². The molecule has 23 heavy (non-hydrogen) atoms. The average molecular weight is 331 g/mol. The largest absolute Gasteiger partial charge is 0.351 e. The first-order chi connectivity index (χ1) is 10.9. The molecule has 1 atom stereocenters. The Balaban J connectivity index is 2.08. The number of benzene rings is 1. The highest BCUT2D eigenvalue weighted by atomic mass is 32.2. The zero-order valence-electron chi connectivity index (χ0n) is 13.6. The number of aromatic nitrogens is 2. The summed E-state index contributed by atoms with van der Waals surface area (Å²) in [6.45, 7) is 6.11. The van der Waals surface area contributed by atoms with E-state index in [0.29, 0.717) is 23.6 Å². The van der Waals surface area contributed by atoms with E-state index in [0.717, 1.165) is 5.56 Å². The molecule has 0 aliphatic heterocycles. The first-order valence-electron chi connectivity index (χ1n) is 7.41. The fourth-order valence-corrected chi connectivity index (χ4v) is 2.88. The molecule has 0 unspecified atom stereocenters. The van der Waals surface area contributed by atoms with Gasteiger partial charge in [-0.2, -0.15) is 0 Å². The Labute approximate surface area is 139 Å². The Hall–Kier alpha value is -2.08. The van der Waals surface area contributed by atoms with Gasteiger partial charge in [-0.1, -0.05) is 30.3 Å². The van der Waals surface area contributed by atoms with Crippen LogP contribution in [0, 0.1) is 0 Å². The number of carbonyl (C=O) groups is 1. The summed E-state index contributed by atoms with van der Waals surface area (Å²) in [6.07, 6.45) is 2.93. The lowest BCUT2D eigenvalue weighted by Crippen LogP contribution is -2.33. The number of carbonyl (C=O) groups excluding carboxylic acids is 1. The van der Waals surface area contributed by atoms with Gasteiger partial charge in [0.1, 0.15) is 6.33 Å². The second kappa shape index (κ2) is 7.46. The van der Waals surface area contributed by atoms with Gasteiger partial charge in [0.25, 0.3) is 5.91 Å². The van der Waals surface area contributed by atoms with Crippen molar-refractivity contribution >= 4 is 16.7 Å². The van der Waals surface area contributed by atoms with Gasteiger partial charge >= 0.3 is 0 Å². The van der Waals surface area contributed by atoms with Crippen molar-refractivity contribution in [3.05, 3.63) is 48.4 Å². The number of hydrogen-bond acceptors (Lipinski definition) is 4. The summed E-state index contributed by atoms with van der Waals surface area (Å²) >= 11 is 0. The molecule has 2 aromatic rings. The van der Waals surface area contributed by atoms with Crippen LogP contribution in [0.3, 0.4) is 0 Å². The van der Waals surface area contributed by atoms with Gasteiger partial charge in [0.05, 0.1) is 11.3 Å². The van der Waals surface area contributed by atoms with Crippen LogP contribution < -0.4 is 5.32 Å². The van der Waals surface area contributed by atoms with E-state index in [4.69, 9.17) is 0 Å². The highest BCUT2D eigenvalue weighted by Crippen LogP contribution is 2.19. The second-order valence-electron chi connectivity index (χ2n) is 6.07. The summed E-state index contributed by atoms with van der Waals surface area (Å²) in [5.74, 6) is 0.166. The van der Waals surface area contributed by atoms with Gasteiger partial charge in [-0.25, -0.2) is 9.97 Å². The van der Waals surface area contributed by atoms with Crippen molar-refractivity contribution in [3.8, 4) is 11.3 Å². The minimum atomic E-state index is -0.997. The maximum absolute atomic E-state index is 12.4. The molecule has 2 rings (SSSR count). The van der Waals surface area contributed by atoms with E-state index in [1.165, 1.54) is 12.5 Å². The van der Waals surface area contributed by atoms with Gasteiger partial charge in [0.2, 0.25) is 0 Å². The molecular weight excluding hydrogens is 310 g/mol. The molecular formula is C17H21N3O2S. The molecule has 1 N–H and O–H groups in total. The van der Waals surface area contributed by atoms with Crippen molar-refractivity contribution in [1.29, 1.82) is 0 Å². The van der Waals surface area contributed by atoms with E-state index in [-0.39, 0.29) is 10.7 Å². The number of nitrogens with one attached hydrogen (secondary N) is 1. The van der Waals surface area contributed by atoms with Crippen LogP contribution in [-0.2, 0) is 10.8 Å². The van der Waals surface area contributed by atoms with Crippen molar-refractivity contribution in [3.63, 3.8) is 0 Å². The van der Waals surface area contributed by atoms with Crippen LogP contribution in [0.25, 0.3) is 11.3 Å². The molecule has 6 heteroatoms. The summed E-state index contributed by atoms with van der Waals surface area (Å²) in [5, 5.41) is 2.80. The fourth-order valence-electron chi connectivity index (χ4n) is 1.98. The normalized spacial score (nSPS) is 12.7. The van der Waals surface area contributed by atoms with Gasteiger partial charge < -0.3 is 5.32 Å². The van der Waals surface area contributed by atoms with Crippen molar-refractivity contribution < 1.29 is 9.00 Å². The standard InChI is InChI=1S/C17H21N3O2S/c1-17(2,3)23(22)10-9-19-16(21)14-11-18-12-20-15(14)13-7-5-4-6-8-13/h4-8,11-12H,9-10H2,1-3H3,(H,19,21)/t23-/m1/s1. The second-order valence-corrected chi connectivity index (χ2v) is 8.39. The molecule has 0 saturated carbocycles. The van der Waals surface area contributed by atoms with Crippen LogP contribution in [-0.4, -0.2) is 37.1 Å². The number of rotatable bonds is 5. The molecule has 0 radical (unpaired) electrons. The Bertz CT molecular complexity index is 696. The lowest BCUT2D eigenvalue weighted by Gasteiger charge is -2.17. The van der Waals surface area contributed by atoms with Crippen LogP contribution in [0.1, 0.15) is 31.1 Å². The topological polar surface area (TPSA) is 72.0 Å². The van der Waals surface area contributed by atoms with Crippen LogP contribution >= 0.6 is 0 Å². The summed E-state index contributed by atoms with van der Waals surface area (Å²) in [5.41, 5.74) is 1.87. The van der Waals surface area contributed by atoms with Crippen molar-refractivity contribution in [1.82, 2.24) is 15.3 Å². The van der Waals surface area contributed by atoms with Crippen molar-refractivity contribution in [2.24, 2.45) is 0 Å². The average Bonchev–Trinajstić information content (AvgIpc) is 2.54. The molecule has 0 fully saturated rings. The van der Waals surface area contributed by atoms with Crippen LogP contribution in [0.15, 0.2) is 42.9 Å². The maximum Gasteiger partial charge on any atom is 0.255 e. The SMILES string of the molecule is CC(C)(C)[S@](=O)CCNC(=O)c1cncnc1-c1ccccc1. The Morgan fingerprint density at radius 1 is 1.22 bits per heavy atom. The lowest BCUT2D eigenvalue weighted by molar-refractivity contribution is 0.0956. The van der Waals surface area contributed by atoms with E-state index in [1.54, 1.807) is 0 Å². The van der Waals surface area contributed by atoms with Gasteiger partial charge in [-0.05, 0) is 20.8 Å². The van der Waals surface area contributed by atoms with Crippen molar-refractivity contribution in [2.75, 3.05) is 12.3 Å². The zero-order chi connectivity index (χ0) is 16.9. The highest BCUT2D eigenvalue weighted by molar-refractivity contribution is 7.86. The van der Waals surface area contributed by atoms with Gasteiger partial charge in [0.15, 0.2) is 0 Å². The van der Waals surface area contributed by atoms with Gasteiger partial charge in [-0.3, -0.25) is 9.00 Å². The Kier molecular flexibility index (Phi) is 5.60. The molecule has 0 saturated heterocycles. The molecule has 1 amide bonds. The minimum absolute atomic E-state index is 0.254. The third-order valence-electron chi connectivity index (χ3n) is 3.26. The molecule has 5 nitrogen and oxygen atoms in total. The molecule has 0 bridgehead atoms. The summed E-state index contributed by atoms with van der Waals surface area (Å²) < 4.78 is 11.7. The highest BCUT2D eigenvalue weighted by Gasteiger charge is 2.20. The summed E-state index contributed by atoms with van der Waals surface area (Å²) in [4.78, 5) is 20.5. The number of hydrogen-bond donors (Lipinski definition) is 1. The van der Waals surface area contributed by atoms with E-state index in [1.807, 2.05) is 51.1 Å². The predicted molar refractivity (Wildman–Crippen MR) is 92.6 cm³/mol. The molecule has 0 aliphatic rings. The molecule has 0 spiro atoms. The number of amides is 1. The van der Waals surface area contributed by atoms with Crippen LogP contribution in [0.5, 0.6) is 0 Å². The Morgan fingerprint density at radius 2 is 1.91 bits per heavy atom. The van der Waals surface area contributed by atoms with Gasteiger partial charge in [0, 0.05) is 39.6 Å². The van der Waals surface area contributed by atoms with E-state index in [2.05, 4.69) is 15.3 Å². The first-order valence-corrected chi connectivity index (χ1v) is 8.73. The minimum Gasteiger partial charge on any atom is -0.351 e. The number of nitrogens with zero attached hydrogens (tertiary/aromatic N) is 2. The molecule has 122 valence electrons. The summed E-state index contributed by atoms with van der Waals surface area (Å²) in [6, 6.07) is 9.49. The van der Waals surface area contributed by atoms with E-state index < -0.39 is 10.8 Å². The van der Waals surface area contributed by atoms with E-state index in [9.17, 15) is 9.00 Å². The van der Waals surface area contributed by atoms with Crippen LogP contribution in [0.4, 0.5) is 0 Å². The predicted octanol–water partition coefficient (Wildman–Crippen LogP) is 2.42. The molecule has 1 heterocycles. The zero-order valence-corrected chi connectivity index (χ0v) is 14.4. The van der Waals surface area contributed by atoms with E-state index >= 15 is 0 Å². The van der Waals surface area contributed by atoms with Crippen molar-refractivity contribution in [2.45, 2.75) is 25.5 Å². The first kappa shape index (κ1) is 17.3. The molecule has 1 aromatic carbocycles. The monoisotopic (exact) mass is 331 g/mol.